The highest BCUT2D eigenvalue weighted by atomic mass is 16.2. The van der Waals surface area contributed by atoms with Crippen molar-refractivity contribution in [3.63, 3.8) is 0 Å². The van der Waals surface area contributed by atoms with Crippen LogP contribution >= 0.6 is 0 Å². The molecule has 4 heteroatoms. The number of hydrogen-bond acceptors (Lipinski definition) is 2. The van der Waals surface area contributed by atoms with Gasteiger partial charge in [0.1, 0.15) is 6.42 Å². The van der Waals surface area contributed by atoms with Crippen LogP contribution in [0.25, 0.3) is 0 Å². The second kappa shape index (κ2) is 6.36. The molecule has 0 atom stereocenters. The van der Waals surface area contributed by atoms with Gasteiger partial charge in [0.05, 0.1) is 0 Å². The van der Waals surface area contributed by atoms with Crippen molar-refractivity contribution in [2.24, 2.45) is 0 Å². The Balaban J connectivity index is 2.40. The quantitative estimate of drug-likeness (QED) is 0.814. The number of amides is 2. The van der Waals surface area contributed by atoms with E-state index >= 15 is 0 Å². The molecule has 0 saturated carbocycles. The molecule has 0 fully saturated rings. The van der Waals surface area contributed by atoms with Gasteiger partial charge in [-0.2, -0.15) is 0 Å². The highest BCUT2D eigenvalue weighted by Crippen LogP contribution is 2.06. The van der Waals surface area contributed by atoms with Crippen molar-refractivity contribution in [1.82, 2.24) is 10.6 Å². The Morgan fingerprint density at radius 1 is 1.11 bits per heavy atom. The Morgan fingerprint density at radius 2 is 1.74 bits per heavy atom. The molecule has 2 N–H and O–H groups in total. The topological polar surface area (TPSA) is 58.2 Å². The third kappa shape index (κ3) is 6.04. The van der Waals surface area contributed by atoms with Crippen molar-refractivity contribution in [1.29, 1.82) is 0 Å². The molecular formula is C15H22N2O2. The summed E-state index contributed by atoms with van der Waals surface area (Å²) in [5, 5.41) is 5.52. The van der Waals surface area contributed by atoms with Crippen LogP contribution in [0.1, 0.15) is 38.3 Å². The predicted molar refractivity (Wildman–Crippen MR) is 75.5 cm³/mol. The van der Waals surface area contributed by atoms with Crippen LogP contribution < -0.4 is 10.6 Å². The van der Waals surface area contributed by atoms with Crippen molar-refractivity contribution in [3.8, 4) is 0 Å². The largest absolute Gasteiger partial charge is 0.352 e. The van der Waals surface area contributed by atoms with Crippen LogP contribution in [0.2, 0.25) is 0 Å². The van der Waals surface area contributed by atoms with Crippen molar-refractivity contribution in [2.75, 3.05) is 0 Å². The molecule has 0 aliphatic heterocycles. The maximum Gasteiger partial charge on any atom is 0.229 e. The van der Waals surface area contributed by atoms with Crippen LogP contribution in [0, 0.1) is 6.92 Å². The summed E-state index contributed by atoms with van der Waals surface area (Å²) in [7, 11) is 0. The number of carbonyl (C=O) groups excluding carboxylic acids is 2. The zero-order valence-electron chi connectivity index (χ0n) is 12.0. The SMILES string of the molecule is Cc1ccccc1CNC(=O)CC(=O)NC(C)(C)C. The summed E-state index contributed by atoms with van der Waals surface area (Å²) < 4.78 is 0. The molecule has 0 aromatic heterocycles. The fourth-order valence-electron chi connectivity index (χ4n) is 1.67. The molecule has 0 radical (unpaired) electrons. The summed E-state index contributed by atoms with van der Waals surface area (Å²) in [5.41, 5.74) is 1.88. The van der Waals surface area contributed by atoms with Gasteiger partial charge in [0.2, 0.25) is 11.8 Å². The first-order chi connectivity index (χ1) is 8.78. The highest BCUT2D eigenvalue weighted by molar-refractivity contribution is 5.97. The minimum Gasteiger partial charge on any atom is -0.352 e. The van der Waals surface area contributed by atoms with Gasteiger partial charge in [-0.05, 0) is 38.8 Å². The van der Waals surface area contributed by atoms with Crippen LogP contribution in [-0.4, -0.2) is 17.4 Å². The molecule has 0 heterocycles. The number of nitrogens with one attached hydrogen (secondary N) is 2. The summed E-state index contributed by atoms with van der Waals surface area (Å²) in [5.74, 6) is -0.514. The summed E-state index contributed by atoms with van der Waals surface area (Å²) in [6.07, 6.45) is -0.136. The average Bonchev–Trinajstić information content (AvgIpc) is 2.25. The zero-order valence-corrected chi connectivity index (χ0v) is 12.0. The Bertz CT molecular complexity index is 461. The molecule has 19 heavy (non-hydrogen) atoms. The lowest BCUT2D eigenvalue weighted by Crippen LogP contribution is -2.42. The predicted octanol–water partition coefficient (Wildman–Crippen LogP) is 1.92. The van der Waals surface area contributed by atoms with Gasteiger partial charge < -0.3 is 10.6 Å². The minimum atomic E-state index is -0.312. The number of benzene rings is 1. The first kappa shape index (κ1) is 15.2. The van der Waals surface area contributed by atoms with Gasteiger partial charge in [-0.3, -0.25) is 9.59 Å². The van der Waals surface area contributed by atoms with Crippen LogP contribution in [0.15, 0.2) is 24.3 Å². The zero-order chi connectivity index (χ0) is 14.5. The van der Waals surface area contributed by atoms with E-state index in [1.54, 1.807) is 0 Å². The third-order valence-corrected chi connectivity index (χ3v) is 2.57. The fraction of sp³-hybridized carbons (Fsp3) is 0.467. The molecule has 0 aliphatic carbocycles. The Morgan fingerprint density at radius 3 is 2.32 bits per heavy atom. The number of hydrogen-bond donors (Lipinski definition) is 2. The molecule has 0 unspecified atom stereocenters. The van der Waals surface area contributed by atoms with Gasteiger partial charge in [-0.1, -0.05) is 24.3 Å². The van der Waals surface area contributed by atoms with Gasteiger partial charge >= 0.3 is 0 Å². The summed E-state index contributed by atoms with van der Waals surface area (Å²) in [6, 6.07) is 7.84. The molecule has 0 saturated heterocycles. The molecule has 2 amide bonds. The maximum absolute atomic E-state index is 11.7. The maximum atomic E-state index is 11.7. The van der Waals surface area contributed by atoms with E-state index in [4.69, 9.17) is 0 Å². The van der Waals surface area contributed by atoms with E-state index in [0.717, 1.165) is 11.1 Å². The van der Waals surface area contributed by atoms with Crippen LogP contribution in [0.4, 0.5) is 0 Å². The van der Waals surface area contributed by atoms with Crippen LogP contribution in [0.3, 0.4) is 0 Å². The smallest absolute Gasteiger partial charge is 0.229 e. The van der Waals surface area contributed by atoms with Gasteiger partial charge in [0.15, 0.2) is 0 Å². The van der Waals surface area contributed by atoms with E-state index in [1.807, 2.05) is 52.0 Å². The molecule has 104 valence electrons. The molecule has 4 nitrogen and oxygen atoms in total. The molecule has 1 aromatic rings. The molecule has 0 aliphatic rings. The standard InChI is InChI=1S/C15H22N2O2/c1-11-7-5-6-8-12(11)10-16-13(18)9-14(19)17-15(2,3)4/h5-8H,9-10H2,1-4H3,(H,16,18)(H,17,19). The summed E-state index contributed by atoms with van der Waals surface area (Å²) in [6.45, 7) is 8.10. The third-order valence-electron chi connectivity index (χ3n) is 2.57. The Hall–Kier alpha value is -1.84. The van der Waals surface area contributed by atoms with Gasteiger partial charge in [-0.25, -0.2) is 0 Å². The van der Waals surface area contributed by atoms with Crippen LogP contribution in [0.5, 0.6) is 0 Å². The number of aryl methyl sites for hydroxylation is 1. The minimum absolute atomic E-state index is 0.136. The molecular weight excluding hydrogens is 240 g/mol. The van der Waals surface area contributed by atoms with Crippen molar-refractivity contribution in [3.05, 3.63) is 35.4 Å². The molecule has 1 rings (SSSR count). The van der Waals surface area contributed by atoms with E-state index in [-0.39, 0.29) is 23.8 Å². The van der Waals surface area contributed by atoms with E-state index in [9.17, 15) is 9.59 Å². The fourth-order valence-corrected chi connectivity index (χ4v) is 1.67. The van der Waals surface area contributed by atoms with E-state index in [0.29, 0.717) is 6.54 Å². The lowest BCUT2D eigenvalue weighted by molar-refractivity contribution is -0.130. The van der Waals surface area contributed by atoms with Crippen LogP contribution in [-0.2, 0) is 16.1 Å². The number of carbonyl (C=O) groups is 2. The van der Waals surface area contributed by atoms with Crippen molar-refractivity contribution < 1.29 is 9.59 Å². The summed E-state index contributed by atoms with van der Waals surface area (Å²) in [4.78, 5) is 23.2. The second-order valence-electron chi connectivity index (χ2n) is 5.68. The van der Waals surface area contributed by atoms with E-state index in [1.165, 1.54) is 0 Å². The average molecular weight is 262 g/mol. The van der Waals surface area contributed by atoms with Crippen molar-refractivity contribution in [2.45, 2.75) is 46.2 Å². The highest BCUT2D eigenvalue weighted by Gasteiger charge is 2.16. The van der Waals surface area contributed by atoms with E-state index < -0.39 is 0 Å². The van der Waals surface area contributed by atoms with Gasteiger partial charge in [0, 0.05) is 12.1 Å². The first-order valence-electron chi connectivity index (χ1n) is 6.40. The van der Waals surface area contributed by atoms with Crippen molar-refractivity contribution >= 4 is 11.8 Å². The molecule has 0 spiro atoms. The normalized spacial score (nSPS) is 10.9. The number of rotatable bonds is 4. The molecule has 1 aromatic carbocycles. The first-order valence-corrected chi connectivity index (χ1v) is 6.40. The van der Waals surface area contributed by atoms with Gasteiger partial charge in [-0.15, -0.1) is 0 Å². The summed E-state index contributed by atoms with van der Waals surface area (Å²) >= 11 is 0. The van der Waals surface area contributed by atoms with Gasteiger partial charge in [0.25, 0.3) is 0 Å². The second-order valence-corrected chi connectivity index (χ2v) is 5.68. The van der Waals surface area contributed by atoms with E-state index in [2.05, 4.69) is 10.6 Å². The lowest BCUT2D eigenvalue weighted by Gasteiger charge is -2.20. The Kier molecular flexibility index (Phi) is 5.10. The monoisotopic (exact) mass is 262 g/mol. The lowest BCUT2D eigenvalue weighted by atomic mass is 10.1. The molecule has 0 bridgehead atoms. The Labute approximate surface area is 114 Å².